The minimum Gasteiger partial charge on any atom is -0.507 e. The molecule has 0 saturated carbocycles. The van der Waals surface area contributed by atoms with Crippen molar-refractivity contribution in [3.63, 3.8) is 0 Å². The van der Waals surface area contributed by atoms with Gasteiger partial charge in [-0.25, -0.2) is 9.59 Å². The zero-order valence-electron chi connectivity index (χ0n) is 20.0. The van der Waals surface area contributed by atoms with Crippen molar-refractivity contribution in [2.75, 3.05) is 34.2 Å². The number of piperidine rings is 1. The number of carbonyl (C=O) groups is 2. The molecule has 0 aliphatic carbocycles. The van der Waals surface area contributed by atoms with E-state index in [1.54, 1.807) is 24.3 Å². The van der Waals surface area contributed by atoms with Crippen molar-refractivity contribution < 1.29 is 28.6 Å². The van der Waals surface area contributed by atoms with Gasteiger partial charge in [-0.3, -0.25) is 4.79 Å². The maximum atomic E-state index is 13.2. The number of phenols is 1. The fourth-order valence-electron chi connectivity index (χ4n) is 4.41. The summed E-state index contributed by atoms with van der Waals surface area (Å²) in [6.07, 6.45) is -1.59. The first kappa shape index (κ1) is 25.3. The zero-order valence-corrected chi connectivity index (χ0v) is 20.7. The topological polar surface area (TPSA) is 130 Å². The van der Waals surface area contributed by atoms with E-state index in [0.717, 1.165) is 0 Å². The van der Waals surface area contributed by atoms with Crippen LogP contribution in [0.5, 0.6) is 11.5 Å². The van der Waals surface area contributed by atoms with Gasteiger partial charge >= 0.3 is 12.2 Å². The van der Waals surface area contributed by atoms with Crippen molar-refractivity contribution in [2.24, 2.45) is 0 Å². The summed E-state index contributed by atoms with van der Waals surface area (Å²) < 4.78 is 17.4. The van der Waals surface area contributed by atoms with Gasteiger partial charge in [0.15, 0.2) is 5.43 Å². The van der Waals surface area contributed by atoms with Crippen LogP contribution in [0.2, 0.25) is 5.02 Å². The molecule has 0 spiro atoms. The standard InChI is InChI=1S/C25H26ClN3O7/c1-27-24(32)35-19-11-17(31)22-16(30)10-18(13-6-4-5-7-15(13)26)34-23(22)21(19)14-8-9-29(3)12-20(14)36-25(33)28-2/h4-7,10-11,14,20,31H,8-9,12H2,1-3H3,(H,27,32)(H,28,33)/t14-,20+/m0/s1. The summed E-state index contributed by atoms with van der Waals surface area (Å²) in [7, 11) is 4.74. The van der Waals surface area contributed by atoms with Crippen molar-refractivity contribution in [2.45, 2.75) is 18.4 Å². The fraction of sp³-hybridized carbons (Fsp3) is 0.320. The van der Waals surface area contributed by atoms with Crippen LogP contribution in [0.1, 0.15) is 17.9 Å². The van der Waals surface area contributed by atoms with Crippen molar-refractivity contribution in [1.29, 1.82) is 0 Å². The molecular weight excluding hydrogens is 490 g/mol. The molecule has 1 aliphatic heterocycles. The molecule has 1 fully saturated rings. The number of fused-ring (bicyclic) bond motifs is 1. The number of carbonyl (C=O) groups excluding carboxylic acids is 2. The highest BCUT2D eigenvalue weighted by Gasteiger charge is 2.37. The highest BCUT2D eigenvalue weighted by Crippen LogP contribution is 2.44. The molecule has 1 saturated heterocycles. The molecule has 0 unspecified atom stereocenters. The van der Waals surface area contributed by atoms with Crippen LogP contribution in [0.4, 0.5) is 9.59 Å². The third kappa shape index (κ3) is 4.95. The maximum Gasteiger partial charge on any atom is 0.412 e. The summed E-state index contributed by atoms with van der Waals surface area (Å²) in [5, 5.41) is 15.8. The molecule has 2 heterocycles. The van der Waals surface area contributed by atoms with Crippen molar-refractivity contribution >= 4 is 34.8 Å². The molecule has 2 aromatic carbocycles. The van der Waals surface area contributed by atoms with Gasteiger partial charge in [-0.15, -0.1) is 0 Å². The Morgan fingerprint density at radius 1 is 1.17 bits per heavy atom. The molecule has 0 bridgehead atoms. The summed E-state index contributed by atoms with van der Waals surface area (Å²) in [4.78, 5) is 39.5. The number of amides is 2. The lowest BCUT2D eigenvalue weighted by Crippen LogP contribution is -2.44. The van der Waals surface area contributed by atoms with Crippen LogP contribution in [-0.2, 0) is 4.74 Å². The van der Waals surface area contributed by atoms with Gasteiger partial charge in [0, 0.05) is 49.8 Å². The molecule has 1 aliphatic rings. The number of likely N-dealkylation sites (N-methyl/N-ethyl adjacent to an activating group) is 1. The number of nitrogens with zero attached hydrogens (tertiary/aromatic N) is 1. The first-order valence-electron chi connectivity index (χ1n) is 11.3. The Balaban J connectivity index is 2.01. The maximum absolute atomic E-state index is 13.2. The first-order chi connectivity index (χ1) is 17.2. The Morgan fingerprint density at radius 2 is 1.89 bits per heavy atom. The molecule has 2 amide bonds. The SMILES string of the molecule is CNC(=O)Oc1cc(O)c2c(=O)cc(-c3ccccc3Cl)oc2c1[C@H]1CCN(C)C[C@H]1OC(=O)NC. The van der Waals surface area contributed by atoms with E-state index >= 15 is 0 Å². The summed E-state index contributed by atoms with van der Waals surface area (Å²) in [5.74, 6) is -0.777. The molecule has 4 rings (SSSR count). The molecule has 2 atom stereocenters. The third-order valence-electron chi connectivity index (χ3n) is 6.12. The smallest absolute Gasteiger partial charge is 0.412 e. The van der Waals surface area contributed by atoms with Crippen molar-refractivity contribution in [1.82, 2.24) is 15.5 Å². The van der Waals surface area contributed by atoms with Gasteiger partial charge in [0.05, 0.1) is 5.02 Å². The zero-order chi connectivity index (χ0) is 26.0. The summed E-state index contributed by atoms with van der Waals surface area (Å²) in [6.45, 7) is 1.02. The van der Waals surface area contributed by atoms with Crippen LogP contribution >= 0.6 is 11.6 Å². The molecule has 190 valence electrons. The Kier molecular flexibility index (Phi) is 7.37. The van der Waals surface area contributed by atoms with E-state index in [-0.39, 0.29) is 22.5 Å². The normalized spacial score (nSPS) is 18.0. The van der Waals surface area contributed by atoms with Crippen molar-refractivity contribution in [3.8, 4) is 22.8 Å². The van der Waals surface area contributed by atoms with E-state index in [4.69, 9.17) is 25.5 Å². The van der Waals surface area contributed by atoms with Crippen LogP contribution < -0.4 is 20.8 Å². The first-order valence-corrected chi connectivity index (χ1v) is 11.7. The lowest BCUT2D eigenvalue weighted by Gasteiger charge is -2.36. The summed E-state index contributed by atoms with van der Waals surface area (Å²) in [5.41, 5.74) is 0.326. The van der Waals surface area contributed by atoms with Crippen LogP contribution in [-0.4, -0.2) is 62.5 Å². The van der Waals surface area contributed by atoms with Crippen LogP contribution in [0.15, 0.2) is 45.6 Å². The number of nitrogens with one attached hydrogen (secondary N) is 2. The van der Waals surface area contributed by atoms with Gasteiger partial charge in [-0.1, -0.05) is 23.7 Å². The highest BCUT2D eigenvalue weighted by atomic mass is 35.5. The van der Waals surface area contributed by atoms with Gasteiger partial charge in [0.1, 0.15) is 34.3 Å². The predicted octanol–water partition coefficient (Wildman–Crippen LogP) is 3.68. The number of hydrogen-bond acceptors (Lipinski definition) is 8. The molecule has 1 aromatic heterocycles. The number of benzene rings is 2. The van der Waals surface area contributed by atoms with Gasteiger partial charge < -0.3 is 34.5 Å². The Hall–Kier alpha value is -3.76. The van der Waals surface area contributed by atoms with Gasteiger partial charge in [0.2, 0.25) is 0 Å². The molecule has 10 nitrogen and oxygen atoms in total. The van der Waals surface area contributed by atoms with E-state index in [2.05, 4.69) is 10.6 Å². The third-order valence-corrected chi connectivity index (χ3v) is 6.45. The van der Waals surface area contributed by atoms with Crippen LogP contribution in [0.3, 0.4) is 0 Å². The quantitative estimate of drug-likeness (QED) is 0.479. The Morgan fingerprint density at radius 3 is 2.58 bits per heavy atom. The second kappa shape index (κ2) is 10.5. The highest BCUT2D eigenvalue weighted by molar-refractivity contribution is 6.33. The number of aromatic hydroxyl groups is 1. The van der Waals surface area contributed by atoms with Gasteiger partial charge in [-0.05, 0) is 32.1 Å². The van der Waals surface area contributed by atoms with E-state index < -0.39 is 35.4 Å². The van der Waals surface area contributed by atoms with Gasteiger partial charge in [-0.2, -0.15) is 0 Å². The average molecular weight is 516 g/mol. The van der Waals surface area contributed by atoms with Crippen LogP contribution in [0, 0.1) is 0 Å². The second-order valence-corrected chi connectivity index (χ2v) is 8.86. The lowest BCUT2D eigenvalue weighted by molar-refractivity contribution is 0.0363. The minimum absolute atomic E-state index is 0.0149. The molecule has 3 N–H and O–H groups in total. The molecular formula is C25H26ClN3O7. The number of halogens is 1. The summed E-state index contributed by atoms with van der Waals surface area (Å²) >= 11 is 6.35. The predicted molar refractivity (Wildman–Crippen MR) is 134 cm³/mol. The lowest BCUT2D eigenvalue weighted by atomic mass is 9.85. The fourth-order valence-corrected chi connectivity index (χ4v) is 4.64. The molecule has 36 heavy (non-hydrogen) atoms. The summed E-state index contributed by atoms with van der Waals surface area (Å²) in [6, 6.07) is 9.31. The molecule has 3 aromatic rings. The van der Waals surface area contributed by atoms with Crippen LogP contribution in [0.25, 0.3) is 22.3 Å². The number of alkyl carbamates (subject to hydrolysis) is 1. The largest absolute Gasteiger partial charge is 0.507 e. The van der Waals surface area contributed by atoms with E-state index in [0.29, 0.717) is 35.7 Å². The number of rotatable bonds is 4. The second-order valence-electron chi connectivity index (χ2n) is 8.46. The Bertz CT molecular complexity index is 1370. The Labute approximate surface area is 211 Å². The number of phenolic OH excluding ortho intramolecular Hbond substituents is 1. The van der Waals surface area contributed by atoms with E-state index in [1.165, 1.54) is 26.2 Å². The monoisotopic (exact) mass is 515 g/mol. The van der Waals surface area contributed by atoms with Crippen molar-refractivity contribution in [3.05, 3.63) is 57.2 Å². The molecule has 0 radical (unpaired) electrons. The average Bonchev–Trinajstić information content (AvgIpc) is 2.84. The number of hydrogen-bond donors (Lipinski definition) is 3. The van der Waals surface area contributed by atoms with Gasteiger partial charge in [0.25, 0.3) is 0 Å². The number of ether oxygens (including phenoxy) is 2. The van der Waals surface area contributed by atoms with E-state index in [1.807, 2.05) is 11.9 Å². The molecule has 11 heteroatoms. The number of likely N-dealkylation sites (tertiary alicyclic amines) is 1. The van der Waals surface area contributed by atoms with E-state index in [9.17, 15) is 19.5 Å². The minimum atomic E-state index is -0.781.